The minimum absolute atomic E-state index is 0.148. The van der Waals surface area contributed by atoms with Crippen LogP contribution in [0.15, 0.2) is 18.2 Å². The monoisotopic (exact) mass is 274 g/mol. The molecule has 1 amide bonds. The average Bonchev–Trinajstić information content (AvgIpc) is 2.46. The number of hydrogen-bond acceptors (Lipinski definition) is 2. The SMILES string of the molecule is CNc1ccc(C(=O)N(C)C2CCCCC2C)cc1C. The lowest BCUT2D eigenvalue weighted by atomic mass is 9.85. The molecule has 1 aliphatic rings. The summed E-state index contributed by atoms with van der Waals surface area (Å²) in [5, 5.41) is 3.14. The fourth-order valence-electron chi connectivity index (χ4n) is 3.30. The van der Waals surface area contributed by atoms with Gasteiger partial charge in [-0.1, -0.05) is 19.8 Å². The first-order chi connectivity index (χ1) is 9.54. The van der Waals surface area contributed by atoms with E-state index in [0.29, 0.717) is 12.0 Å². The van der Waals surface area contributed by atoms with Crippen molar-refractivity contribution in [2.45, 2.75) is 45.6 Å². The van der Waals surface area contributed by atoms with Gasteiger partial charge in [-0.25, -0.2) is 0 Å². The van der Waals surface area contributed by atoms with Crippen LogP contribution in [0, 0.1) is 12.8 Å². The number of benzene rings is 1. The van der Waals surface area contributed by atoms with Crippen LogP contribution in [0.2, 0.25) is 0 Å². The Morgan fingerprint density at radius 2 is 2.00 bits per heavy atom. The van der Waals surface area contributed by atoms with Crippen molar-refractivity contribution >= 4 is 11.6 Å². The summed E-state index contributed by atoms with van der Waals surface area (Å²) >= 11 is 0. The van der Waals surface area contributed by atoms with Gasteiger partial charge in [0.25, 0.3) is 5.91 Å². The summed E-state index contributed by atoms with van der Waals surface area (Å²) in [7, 11) is 3.86. The molecule has 0 radical (unpaired) electrons. The van der Waals surface area contributed by atoms with Gasteiger partial charge in [0.2, 0.25) is 0 Å². The molecule has 1 aliphatic carbocycles. The highest BCUT2D eigenvalue weighted by atomic mass is 16.2. The number of aryl methyl sites for hydroxylation is 1. The molecule has 1 aromatic carbocycles. The van der Waals surface area contributed by atoms with E-state index in [4.69, 9.17) is 0 Å². The molecule has 0 saturated heterocycles. The van der Waals surface area contributed by atoms with Gasteiger partial charge in [0.15, 0.2) is 0 Å². The predicted octanol–water partition coefficient (Wildman–Crippen LogP) is 3.69. The van der Waals surface area contributed by atoms with Crippen molar-refractivity contribution < 1.29 is 4.79 Å². The molecule has 0 heterocycles. The van der Waals surface area contributed by atoms with Crippen molar-refractivity contribution in [3.63, 3.8) is 0 Å². The zero-order valence-electron chi connectivity index (χ0n) is 13.1. The Balaban J connectivity index is 2.15. The topological polar surface area (TPSA) is 32.3 Å². The Morgan fingerprint density at radius 1 is 1.30 bits per heavy atom. The van der Waals surface area contributed by atoms with E-state index in [-0.39, 0.29) is 5.91 Å². The zero-order chi connectivity index (χ0) is 14.7. The Labute approximate surface area is 122 Å². The molecule has 3 nitrogen and oxygen atoms in total. The maximum atomic E-state index is 12.6. The van der Waals surface area contributed by atoms with Crippen molar-refractivity contribution in [1.82, 2.24) is 4.90 Å². The molecule has 0 aliphatic heterocycles. The van der Waals surface area contributed by atoms with E-state index in [1.165, 1.54) is 19.3 Å². The van der Waals surface area contributed by atoms with Gasteiger partial charge in [0.1, 0.15) is 0 Å². The Bertz CT molecular complexity index is 484. The molecule has 0 bridgehead atoms. The van der Waals surface area contributed by atoms with Crippen molar-refractivity contribution in [2.75, 3.05) is 19.4 Å². The van der Waals surface area contributed by atoms with E-state index in [2.05, 4.69) is 12.2 Å². The second-order valence-corrected chi connectivity index (χ2v) is 6.02. The molecule has 0 spiro atoms. The molecule has 1 N–H and O–H groups in total. The Kier molecular flexibility index (Phi) is 4.69. The lowest BCUT2D eigenvalue weighted by Gasteiger charge is -2.36. The van der Waals surface area contributed by atoms with Crippen molar-refractivity contribution in [3.05, 3.63) is 29.3 Å². The third-order valence-corrected chi connectivity index (χ3v) is 4.63. The van der Waals surface area contributed by atoms with E-state index in [0.717, 1.165) is 23.2 Å². The number of nitrogens with zero attached hydrogens (tertiary/aromatic N) is 1. The van der Waals surface area contributed by atoms with Crippen LogP contribution in [-0.4, -0.2) is 30.9 Å². The minimum atomic E-state index is 0.148. The van der Waals surface area contributed by atoms with E-state index >= 15 is 0 Å². The summed E-state index contributed by atoms with van der Waals surface area (Å²) in [6.45, 7) is 4.30. The van der Waals surface area contributed by atoms with Crippen LogP contribution in [-0.2, 0) is 0 Å². The lowest BCUT2D eigenvalue weighted by molar-refractivity contribution is 0.0629. The molecule has 1 aromatic rings. The lowest BCUT2D eigenvalue weighted by Crippen LogP contribution is -2.42. The highest BCUT2D eigenvalue weighted by molar-refractivity contribution is 5.95. The van der Waals surface area contributed by atoms with Gasteiger partial charge >= 0.3 is 0 Å². The molecule has 3 heteroatoms. The van der Waals surface area contributed by atoms with Gasteiger partial charge in [-0.2, -0.15) is 0 Å². The zero-order valence-corrected chi connectivity index (χ0v) is 13.1. The van der Waals surface area contributed by atoms with Crippen molar-refractivity contribution in [2.24, 2.45) is 5.92 Å². The second-order valence-electron chi connectivity index (χ2n) is 6.02. The van der Waals surface area contributed by atoms with Crippen LogP contribution < -0.4 is 5.32 Å². The molecular weight excluding hydrogens is 248 g/mol. The highest BCUT2D eigenvalue weighted by Gasteiger charge is 2.28. The molecule has 1 fully saturated rings. The number of carbonyl (C=O) groups is 1. The molecule has 0 aromatic heterocycles. The minimum Gasteiger partial charge on any atom is -0.388 e. The fourth-order valence-corrected chi connectivity index (χ4v) is 3.30. The van der Waals surface area contributed by atoms with E-state index in [1.54, 1.807) is 0 Å². The van der Waals surface area contributed by atoms with Crippen molar-refractivity contribution in [3.8, 4) is 0 Å². The average molecular weight is 274 g/mol. The van der Waals surface area contributed by atoms with Crippen molar-refractivity contribution in [1.29, 1.82) is 0 Å². The van der Waals surface area contributed by atoms with Crippen LogP contribution in [0.3, 0.4) is 0 Å². The standard InChI is InChI=1S/C17H26N2O/c1-12-7-5-6-8-16(12)19(4)17(20)14-9-10-15(18-3)13(2)11-14/h9-12,16,18H,5-8H2,1-4H3. The molecule has 2 rings (SSSR count). The second kappa shape index (κ2) is 6.29. The van der Waals surface area contributed by atoms with E-state index in [9.17, 15) is 4.79 Å². The summed E-state index contributed by atoms with van der Waals surface area (Å²) in [6, 6.07) is 6.28. The third kappa shape index (κ3) is 2.97. The van der Waals surface area contributed by atoms with Gasteiger partial charge < -0.3 is 10.2 Å². The van der Waals surface area contributed by atoms with Gasteiger partial charge in [-0.3, -0.25) is 4.79 Å². The van der Waals surface area contributed by atoms with Crippen LogP contribution in [0.5, 0.6) is 0 Å². The van der Waals surface area contributed by atoms with E-state index in [1.807, 2.05) is 44.1 Å². The number of rotatable bonds is 3. The maximum absolute atomic E-state index is 12.6. The predicted molar refractivity (Wildman–Crippen MR) is 84.2 cm³/mol. The maximum Gasteiger partial charge on any atom is 0.253 e. The molecule has 2 atom stereocenters. The number of anilines is 1. The van der Waals surface area contributed by atoms with Crippen LogP contribution >= 0.6 is 0 Å². The van der Waals surface area contributed by atoms with Crippen LogP contribution in [0.1, 0.15) is 48.5 Å². The molecule has 1 saturated carbocycles. The van der Waals surface area contributed by atoms with Gasteiger partial charge in [-0.05, 0) is 49.4 Å². The molecule has 20 heavy (non-hydrogen) atoms. The normalized spacial score (nSPS) is 22.4. The molecule has 110 valence electrons. The number of hydrogen-bond donors (Lipinski definition) is 1. The first-order valence-electron chi connectivity index (χ1n) is 7.60. The fraction of sp³-hybridized carbons (Fsp3) is 0.588. The van der Waals surface area contributed by atoms with Crippen LogP contribution in [0.4, 0.5) is 5.69 Å². The first-order valence-corrected chi connectivity index (χ1v) is 7.60. The summed E-state index contributed by atoms with van der Waals surface area (Å²) in [5.41, 5.74) is 2.99. The number of nitrogens with one attached hydrogen (secondary N) is 1. The van der Waals surface area contributed by atoms with Gasteiger partial charge in [-0.15, -0.1) is 0 Å². The summed E-state index contributed by atoms with van der Waals surface area (Å²) in [6.07, 6.45) is 4.91. The summed E-state index contributed by atoms with van der Waals surface area (Å²) in [4.78, 5) is 14.6. The molecule has 2 unspecified atom stereocenters. The van der Waals surface area contributed by atoms with Gasteiger partial charge in [0, 0.05) is 31.4 Å². The quantitative estimate of drug-likeness (QED) is 0.911. The molecular formula is C17H26N2O. The first kappa shape index (κ1) is 14.9. The largest absolute Gasteiger partial charge is 0.388 e. The van der Waals surface area contributed by atoms with Gasteiger partial charge in [0.05, 0.1) is 0 Å². The Morgan fingerprint density at radius 3 is 2.60 bits per heavy atom. The number of amides is 1. The van der Waals surface area contributed by atoms with Crippen LogP contribution in [0.25, 0.3) is 0 Å². The number of carbonyl (C=O) groups excluding carboxylic acids is 1. The highest BCUT2D eigenvalue weighted by Crippen LogP contribution is 2.28. The summed E-state index contributed by atoms with van der Waals surface area (Å²) < 4.78 is 0. The third-order valence-electron chi connectivity index (χ3n) is 4.63. The Hall–Kier alpha value is -1.51. The summed E-state index contributed by atoms with van der Waals surface area (Å²) in [5.74, 6) is 0.755. The smallest absolute Gasteiger partial charge is 0.253 e. The van der Waals surface area contributed by atoms with E-state index < -0.39 is 0 Å².